The summed E-state index contributed by atoms with van der Waals surface area (Å²) in [5.74, 6) is 1.48. The molecular weight excluding hydrogens is 407 g/mol. The lowest BCUT2D eigenvalue weighted by atomic mass is 10.3. The summed E-state index contributed by atoms with van der Waals surface area (Å²) in [7, 11) is 3.61. The number of nitrogens with zero attached hydrogens (tertiary/aromatic N) is 2. The molecule has 6 nitrogen and oxygen atoms in total. The number of likely N-dealkylation sites (N-methyl/N-ethyl adjacent to an activating group) is 1. The van der Waals surface area contributed by atoms with Gasteiger partial charge in [0.15, 0.2) is 5.96 Å². The van der Waals surface area contributed by atoms with Crippen LogP contribution < -0.4 is 15.4 Å². The third kappa shape index (κ3) is 9.27. The van der Waals surface area contributed by atoms with Crippen molar-refractivity contribution in [3.05, 3.63) is 30.3 Å². The van der Waals surface area contributed by atoms with Crippen LogP contribution in [0.4, 0.5) is 0 Å². The SMILES string of the molecule is CCCNC(=O)CNC(=NC)N(C)CCOc1ccccc1.I. The van der Waals surface area contributed by atoms with Crippen molar-refractivity contribution < 1.29 is 9.53 Å². The summed E-state index contributed by atoms with van der Waals surface area (Å²) in [6, 6.07) is 9.67. The molecule has 0 aliphatic carbocycles. The van der Waals surface area contributed by atoms with E-state index in [2.05, 4.69) is 15.6 Å². The molecule has 0 saturated carbocycles. The summed E-state index contributed by atoms with van der Waals surface area (Å²) in [6.07, 6.45) is 0.928. The smallest absolute Gasteiger partial charge is 0.239 e. The number of carbonyl (C=O) groups excluding carboxylic acids is 1. The molecule has 130 valence electrons. The van der Waals surface area contributed by atoms with E-state index < -0.39 is 0 Å². The van der Waals surface area contributed by atoms with Crippen LogP contribution in [0.25, 0.3) is 0 Å². The topological polar surface area (TPSA) is 66.0 Å². The normalized spacial score (nSPS) is 10.5. The minimum Gasteiger partial charge on any atom is -0.492 e. The van der Waals surface area contributed by atoms with Gasteiger partial charge in [0.2, 0.25) is 5.91 Å². The number of rotatable bonds is 8. The van der Waals surface area contributed by atoms with E-state index >= 15 is 0 Å². The second kappa shape index (κ2) is 13.0. The number of ether oxygens (including phenoxy) is 1. The van der Waals surface area contributed by atoms with Crippen molar-refractivity contribution >= 4 is 35.8 Å². The Balaban J connectivity index is 0.00000484. The quantitative estimate of drug-likeness (QED) is 0.372. The minimum atomic E-state index is -0.0306. The summed E-state index contributed by atoms with van der Waals surface area (Å²) in [5.41, 5.74) is 0. The van der Waals surface area contributed by atoms with Crippen molar-refractivity contribution in [3.8, 4) is 5.75 Å². The number of halogens is 1. The Labute approximate surface area is 155 Å². The summed E-state index contributed by atoms with van der Waals surface area (Å²) < 4.78 is 5.65. The first kappa shape index (κ1) is 21.5. The molecule has 1 aromatic carbocycles. The van der Waals surface area contributed by atoms with Crippen LogP contribution >= 0.6 is 24.0 Å². The van der Waals surface area contributed by atoms with E-state index in [1.165, 1.54) is 0 Å². The Bertz CT molecular complexity index is 468. The average Bonchev–Trinajstić information content (AvgIpc) is 2.54. The van der Waals surface area contributed by atoms with Crippen LogP contribution in [0, 0.1) is 0 Å². The van der Waals surface area contributed by atoms with Crippen molar-refractivity contribution in [3.63, 3.8) is 0 Å². The second-order valence-corrected chi connectivity index (χ2v) is 4.83. The van der Waals surface area contributed by atoms with Crippen molar-refractivity contribution in [2.45, 2.75) is 13.3 Å². The number of hydrogen-bond acceptors (Lipinski definition) is 3. The minimum absolute atomic E-state index is 0. The Hall–Kier alpha value is -1.51. The highest BCUT2D eigenvalue weighted by Gasteiger charge is 2.07. The number of hydrogen-bond donors (Lipinski definition) is 2. The van der Waals surface area contributed by atoms with Gasteiger partial charge in [0, 0.05) is 20.6 Å². The first-order valence-electron chi connectivity index (χ1n) is 7.53. The van der Waals surface area contributed by atoms with Crippen LogP contribution in [0.2, 0.25) is 0 Å². The molecule has 1 rings (SSSR count). The Morgan fingerprint density at radius 3 is 2.57 bits per heavy atom. The number of benzene rings is 1. The predicted octanol–water partition coefficient (Wildman–Crippen LogP) is 1.72. The predicted molar refractivity (Wildman–Crippen MR) is 105 cm³/mol. The molecule has 0 aliphatic rings. The number of nitrogens with one attached hydrogen (secondary N) is 2. The highest BCUT2D eigenvalue weighted by molar-refractivity contribution is 14.0. The molecule has 2 N–H and O–H groups in total. The number of para-hydroxylation sites is 1. The summed E-state index contributed by atoms with van der Waals surface area (Å²) in [4.78, 5) is 17.7. The number of carbonyl (C=O) groups is 1. The third-order valence-corrected chi connectivity index (χ3v) is 2.99. The lowest BCUT2D eigenvalue weighted by Crippen LogP contribution is -2.45. The van der Waals surface area contributed by atoms with Gasteiger partial charge >= 0.3 is 0 Å². The van der Waals surface area contributed by atoms with Gasteiger partial charge in [-0.1, -0.05) is 25.1 Å². The van der Waals surface area contributed by atoms with Crippen LogP contribution in [0.1, 0.15) is 13.3 Å². The molecule has 0 unspecified atom stereocenters. The van der Waals surface area contributed by atoms with Gasteiger partial charge in [-0.3, -0.25) is 9.79 Å². The maximum Gasteiger partial charge on any atom is 0.239 e. The number of aliphatic imine (C=N–C) groups is 1. The molecule has 1 aromatic rings. The van der Waals surface area contributed by atoms with E-state index in [4.69, 9.17) is 4.74 Å². The van der Waals surface area contributed by atoms with Crippen LogP contribution in [-0.4, -0.2) is 57.1 Å². The zero-order valence-corrected chi connectivity index (χ0v) is 16.4. The largest absolute Gasteiger partial charge is 0.492 e. The first-order valence-corrected chi connectivity index (χ1v) is 7.53. The molecule has 0 heterocycles. The van der Waals surface area contributed by atoms with E-state index in [9.17, 15) is 4.79 Å². The molecule has 0 aliphatic heterocycles. The molecule has 1 amide bonds. The second-order valence-electron chi connectivity index (χ2n) is 4.83. The molecule has 0 aromatic heterocycles. The van der Waals surface area contributed by atoms with E-state index in [0.717, 1.165) is 12.2 Å². The lowest BCUT2D eigenvalue weighted by Gasteiger charge is -2.22. The van der Waals surface area contributed by atoms with Crippen LogP contribution in [0.15, 0.2) is 35.3 Å². The maximum atomic E-state index is 11.6. The Morgan fingerprint density at radius 1 is 1.26 bits per heavy atom. The summed E-state index contributed by atoms with van der Waals surface area (Å²) in [5, 5.41) is 5.85. The molecule has 7 heteroatoms. The number of amides is 1. The van der Waals surface area contributed by atoms with Gasteiger partial charge < -0.3 is 20.3 Å². The van der Waals surface area contributed by atoms with Gasteiger partial charge in [-0.05, 0) is 18.6 Å². The van der Waals surface area contributed by atoms with Gasteiger partial charge in [0.25, 0.3) is 0 Å². The molecule has 0 atom stereocenters. The lowest BCUT2D eigenvalue weighted by molar-refractivity contribution is -0.120. The summed E-state index contributed by atoms with van der Waals surface area (Å²) >= 11 is 0. The average molecular weight is 434 g/mol. The van der Waals surface area contributed by atoms with Crippen molar-refractivity contribution in [1.82, 2.24) is 15.5 Å². The zero-order valence-electron chi connectivity index (χ0n) is 14.0. The standard InChI is InChI=1S/C16H26N4O2.HI/c1-4-10-18-15(21)13-19-16(17-2)20(3)11-12-22-14-8-6-5-7-9-14;/h5-9H,4,10-13H2,1-3H3,(H,17,19)(H,18,21);1H. The fourth-order valence-corrected chi connectivity index (χ4v) is 1.79. The van der Waals surface area contributed by atoms with Crippen LogP contribution in [0.5, 0.6) is 5.75 Å². The molecule has 0 saturated heterocycles. The van der Waals surface area contributed by atoms with Crippen LogP contribution in [-0.2, 0) is 4.79 Å². The maximum absolute atomic E-state index is 11.6. The van der Waals surface area contributed by atoms with Crippen LogP contribution in [0.3, 0.4) is 0 Å². The van der Waals surface area contributed by atoms with Gasteiger partial charge in [-0.15, -0.1) is 24.0 Å². The third-order valence-electron chi connectivity index (χ3n) is 2.99. The van der Waals surface area contributed by atoms with Gasteiger partial charge in [-0.2, -0.15) is 0 Å². The molecular formula is C16H27IN4O2. The first-order chi connectivity index (χ1) is 10.7. The molecule has 23 heavy (non-hydrogen) atoms. The van der Waals surface area contributed by atoms with Crippen molar-refractivity contribution in [1.29, 1.82) is 0 Å². The van der Waals surface area contributed by atoms with Gasteiger partial charge in [0.05, 0.1) is 13.1 Å². The highest BCUT2D eigenvalue weighted by atomic mass is 127. The fourth-order valence-electron chi connectivity index (χ4n) is 1.79. The molecule has 0 spiro atoms. The summed E-state index contributed by atoms with van der Waals surface area (Å²) in [6.45, 7) is 4.15. The molecule has 0 radical (unpaired) electrons. The number of guanidine groups is 1. The Morgan fingerprint density at radius 2 is 1.96 bits per heavy atom. The van der Waals surface area contributed by atoms with E-state index in [0.29, 0.717) is 25.7 Å². The fraction of sp³-hybridized carbons (Fsp3) is 0.500. The zero-order chi connectivity index (χ0) is 16.2. The molecule has 0 bridgehead atoms. The van der Waals surface area contributed by atoms with Gasteiger partial charge in [0.1, 0.15) is 12.4 Å². The van der Waals surface area contributed by atoms with Gasteiger partial charge in [-0.25, -0.2) is 0 Å². The van der Waals surface area contributed by atoms with Crippen molar-refractivity contribution in [2.24, 2.45) is 4.99 Å². The monoisotopic (exact) mass is 434 g/mol. The highest BCUT2D eigenvalue weighted by Crippen LogP contribution is 2.07. The van der Waals surface area contributed by atoms with Crippen molar-refractivity contribution in [2.75, 3.05) is 40.3 Å². The Kier molecular flexibility index (Phi) is 12.1. The van der Waals surface area contributed by atoms with E-state index in [-0.39, 0.29) is 36.4 Å². The van der Waals surface area contributed by atoms with E-state index in [1.54, 1.807) is 7.05 Å². The van der Waals surface area contributed by atoms with E-state index in [1.807, 2.05) is 49.2 Å². The molecule has 0 fully saturated rings.